The van der Waals surface area contributed by atoms with Crippen molar-refractivity contribution in [2.75, 3.05) is 34.4 Å². The zero-order valence-electron chi connectivity index (χ0n) is 13.8. The summed E-state index contributed by atoms with van der Waals surface area (Å²) in [5.74, 6) is -1.40. The number of hydrogen-bond donors (Lipinski definition) is 2. The summed E-state index contributed by atoms with van der Waals surface area (Å²) in [6.45, 7) is 1.81. The zero-order chi connectivity index (χ0) is 18.3. The number of nitrogens with one attached hydrogen (secondary N) is 2. The van der Waals surface area contributed by atoms with Gasteiger partial charge >= 0.3 is 5.69 Å². The molecule has 0 saturated heterocycles. The fourth-order valence-corrected chi connectivity index (χ4v) is 2.01. The van der Waals surface area contributed by atoms with Gasteiger partial charge in [0.2, 0.25) is 17.4 Å². The average molecular weight is 341 g/mol. The van der Waals surface area contributed by atoms with E-state index >= 15 is 0 Å². The third kappa shape index (κ3) is 4.03. The molecule has 0 unspecified atom stereocenters. The molecule has 0 radical (unpaired) electrons. The van der Waals surface area contributed by atoms with Crippen molar-refractivity contribution in [2.45, 2.75) is 6.92 Å². The highest BCUT2D eigenvalue weighted by atomic mass is 16.6. The maximum Gasteiger partial charge on any atom is 0.327 e. The number of hydrogen-bond acceptors (Lipinski definition) is 7. The summed E-state index contributed by atoms with van der Waals surface area (Å²) in [5.41, 5.74) is -0.887. The van der Waals surface area contributed by atoms with Gasteiger partial charge in [-0.3, -0.25) is 19.7 Å². The van der Waals surface area contributed by atoms with Crippen molar-refractivity contribution in [1.29, 1.82) is 0 Å². The van der Waals surface area contributed by atoms with Crippen molar-refractivity contribution < 1.29 is 28.7 Å². The molecule has 0 spiro atoms. The van der Waals surface area contributed by atoms with E-state index in [1.165, 1.54) is 21.3 Å². The number of ether oxygens (including phenoxy) is 3. The highest BCUT2D eigenvalue weighted by molar-refractivity contribution is 6.02. The molecule has 10 heteroatoms. The molecule has 2 amide bonds. The van der Waals surface area contributed by atoms with E-state index in [2.05, 4.69) is 10.6 Å². The number of carbonyl (C=O) groups excluding carboxylic acids is 2. The Balaban J connectivity index is 3.32. The molecule has 0 atom stereocenters. The van der Waals surface area contributed by atoms with Gasteiger partial charge in [0.1, 0.15) is 5.56 Å². The number of nitro groups is 1. The first kappa shape index (κ1) is 19.0. The van der Waals surface area contributed by atoms with Gasteiger partial charge in [-0.05, 0) is 6.92 Å². The lowest BCUT2D eigenvalue weighted by Crippen LogP contribution is -2.37. The number of nitrogens with zero attached hydrogens (tertiary/aromatic N) is 1. The molecule has 2 N–H and O–H groups in total. The van der Waals surface area contributed by atoms with Crippen LogP contribution in [0.2, 0.25) is 0 Å². The molecule has 0 heterocycles. The summed E-state index contributed by atoms with van der Waals surface area (Å²) in [6.07, 6.45) is 0. The van der Waals surface area contributed by atoms with E-state index in [0.717, 1.165) is 6.07 Å². The maximum atomic E-state index is 12.3. The molecular formula is C14H19N3O7. The van der Waals surface area contributed by atoms with E-state index in [4.69, 9.17) is 14.2 Å². The molecule has 0 aromatic heterocycles. The maximum absolute atomic E-state index is 12.3. The van der Waals surface area contributed by atoms with Gasteiger partial charge in [0.15, 0.2) is 5.75 Å². The molecule has 0 bridgehead atoms. The zero-order valence-corrected chi connectivity index (χ0v) is 13.8. The first-order valence-corrected chi connectivity index (χ1v) is 6.93. The van der Waals surface area contributed by atoms with Crippen molar-refractivity contribution in [1.82, 2.24) is 10.6 Å². The van der Waals surface area contributed by atoms with Crippen molar-refractivity contribution in [2.24, 2.45) is 0 Å². The number of methoxy groups -OCH3 is 3. The molecule has 10 nitrogen and oxygen atoms in total. The minimum atomic E-state index is -0.813. The molecule has 0 fully saturated rings. The highest BCUT2D eigenvalue weighted by Gasteiger charge is 2.32. The second kappa shape index (κ2) is 8.56. The van der Waals surface area contributed by atoms with Gasteiger partial charge in [-0.25, -0.2) is 0 Å². The van der Waals surface area contributed by atoms with Crippen LogP contribution < -0.4 is 24.8 Å². The SMILES string of the molecule is CCNC(=O)CNC(=O)c1cc(OC)c(OC)c(OC)c1[N+](=O)[O-]. The van der Waals surface area contributed by atoms with Crippen molar-refractivity contribution in [3.8, 4) is 17.2 Å². The van der Waals surface area contributed by atoms with Crippen LogP contribution in [0.3, 0.4) is 0 Å². The summed E-state index contributed by atoms with van der Waals surface area (Å²) in [7, 11) is 3.82. The van der Waals surface area contributed by atoms with E-state index in [1.807, 2.05) is 0 Å². The van der Waals surface area contributed by atoms with E-state index in [0.29, 0.717) is 6.54 Å². The second-order valence-electron chi connectivity index (χ2n) is 4.43. The van der Waals surface area contributed by atoms with Crippen LogP contribution >= 0.6 is 0 Å². The predicted molar refractivity (Wildman–Crippen MR) is 83.8 cm³/mol. The molecule has 1 aromatic carbocycles. The third-order valence-corrected chi connectivity index (χ3v) is 3.01. The summed E-state index contributed by atoms with van der Waals surface area (Å²) in [6, 6.07) is 1.16. The van der Waals surface area contributed by atoms with Crippen LogP contribution in [-0.4, -0.2) is 51.2 Å². The minimum Gasteiger partial charge on any atom is -0.493 e. The van der Waals surface area contributed by atoms with E-state index < -0.39 is 22.4 Å². The lowest BCUT2D eigenvalue weighted by molar-refractivity contribution is -0.386. The monoisotopic (exact) mass is 341 g/mol. The Labute approximate surface area is 138 Å². The molecule has 0 aliphatic heterocycles. The molecule has 132 valence electrons. The number of nitro benzene ring substituents is 1. The van der Waals surface area contributed by atoms with Gasteiger partial charge in [-0.15, -0.1) is 0 Å². The lowest BCUT2D eigenvalue weighted by Gasteiger charge is -2.14. The fraction of sp³-hybridized carbons (Fsp3) is 0.429. The Morgan fingerprint density at radius 1 is 1.12 bits per heavy atom. The predicted octanol–water partition coefficient (Wildman–Crippen LogP) is 0.487. The normalized spacial score (nSPS) is 9.83. The number of rotatable bonds is 8. The van der Waals surface area contributed by atoms with Gasteiger partial charge in [0.05, 0.1) is 32.8 Å². The van der Waals surface area contributed by atoms with Crippen LogP contribution in [0.25, 0.3) is 0 Å². The lowest BCUT2D eigenvalue weighted by atomic mass is 10.1. The summed E-state index contributed by atoms with van der Waals surface area (Å²) < 4.78 is 15.2. The van der Waals surface area contributed by atoms with Gasteiger partial charge in [0.25, 0.3) is 5.91 Å². The summed E-state index contributed by atoms with van der Waals surface area (Å²) >= 11 is 0. The van der Waals surface area contributed by atoms with Crippen molar-refractivity contribution in [3.05, 3.63) is 21.7 Å². The minimum absolute atomic E-state index is 0.00743. The quantitative estimate of drug-likeness (QED) is 0.520. The van der Waals surface area contributed by atoms with Crippen LogP contribution in [-0.2, 0) is 4.79 Å². The average Bonchev–Trinajstić information content (AvgIpc) is 2.57. The smallest absolute Gasteiger partial charge is 0.327 e. The number of carbonyl (C=O) groups is 2. The Hall–Kier alpha value is -3.04. The Bertz CT molecular complexity index is 646. The number of amides is 2. The van der Waals surface area contributed by atoms with Gasteiger partial charge < -0.3 is 24.8 Å². The van der Waals surface area contributed by atoms with Crippen LogP contribution in [0.1, 0.15) is 17.3 Å². The Morgan fingerprint density at radius 3 is 2.21 bits per heavy atom. The van der Waals surface area contributed by atoms with Crippen LogP contribution in [0.5, 0.6) is 17.2 Å². The Kier molecular flexibility index (Phi) is 6.78. The number of benzene rings is 1. The second-order valence-corrected chi connectivity index (χ2v) is 4.43. The fourth-order valence-electron chi connectivity index (χ4n) is 2.01. The number of likely N-dealkylation sites (N-methyl/N-ethyl adjacent to an activating group) is 1. The topological polar surface area (TPSA) is 129 Å². The molecular weight excluding hydrogens is 322 g/mol. The summed E-state index contributed by atoms with van der Waals surface area (Å²) in [4.78, 5) is 34.3. The molecule has 0 aliphatic carbocycles. The first-order valence-electron chi connectivity index (χ1n) is 6.93. The molecule has 0 aliphatic rings. The van der Waals surface area contributed by atoms with E-state index in [1.54, 1.807) is 6.92 Å². The summed E-state index contributed by atoms with van der Waals surface area (Å²) in [5, 5.41) is 16.2. The molecule has 24 heavy (non-hydrogen) atoms. The molecule has 1 rings (SSSR count). The third-order valence-electron chi connectivity index (χ3n) is 3.01. The molecule has 1 aromatic rings. The molecule has 0 saturated carbocycles. The van der Waals surface area contributed by atoms with E-state index in [9.17, 15) is 19.7 Å². The van der Waals surface area contributed by atoms with Gasteiger partial charge in [-0.1, -0.05) is 0 Å². The largest absolute Gasteiger partial charge is 0.493 e. The first-order chi connectivity index (χ1) is 11.4. The highest BCUT2D eigenvalue weighted by Crippen LogP contribution is 2.46. The van der Waals surface area contributed by atoms with Gasteiger partial charge in [-0.2, -0.15) is 0 Å². The van der Waals surface area contributed by atoms with Crippen molar-refractivity contribution in [3.63, 3.8) is 0 Å². The standard InChI is InChI=1S/C14H19N3O7/c1-5-15-10(18)7-16-14(19)8-6-9(22-2)12(23-3)13(24-4)11(8)17(20)21/h6H,5,7H2,1-4H3,(H,15,18)(H,16,19). The van der Waals surface area contributed by atoms with Crippen LogP contribution in [0.15, 0.2) is 6.07 Å². The van der Waals surface area contributed by atoms with Crippen LogP contribution in [0, 0.1) is 10.1 Å². The van der Waals surface area contributed by atoms with Crippen LogP contribution in [0.4, 0.5) is 5.69 Å². The Morgan fingerprint density at radius 2 is 1.75 bits per heavy atom. The van der Waals surface area contributed by atoms with Gasteiger partial charge in [0, 0.05) is 12.6 Å². The van der Waals surface area contributed by atoms with E-state index in [-0.39, 0.29) is 29.4 Å². The van der Waals surface area contributed by atoms with Crippen molar-refractivity contribution >= 4 is 17.5 Å².